The second kappa shape index (κ2) is 8.01. The quantitative estimate of drug-likeness (QED) is 0.805. The fourth-order valence-electron chi connectivity index (χ4n) is 2.41. The first-order chi connectivity index (χ1) is 9.79. The highest BCUT2D eigenvalue weighted by atomic mass is 16.5. The van der Waals surface area contributed by atoms with Crippen LogP contribution in [0.25, 0.3) is 0 Å². The van der Waals surface area contributed by atoms with Crippen LogP contribution in [-0.2, 0) is 4.74 Å². The van der Waals surface area contributed by atoms with Gasteiger partial charge in [-0.3, -0.25) is 4.90 Å². The molecule has 1 N–H and O–H groups in total. The zero-order chi connectivity index (χ0) is 14.2. The molecule has 1 saturated heterocycles. The minimum atomic E-state index is 0.326. The summed E-state index contributed by atoms with van der Waals surface area (Å²) >= 11 is 0. The molecule has 0 aromatic heterocycles. The third kappa shape index (κ3) is 4.61. The van der Waals surface area contributed by atoms with Crippen molar-refractivity contribution in [2.75, 3.05) is 39.4 Å². The molecule has 0 saturated carbocycles. The summed E-state index contributed by atoms with van der Waals surface area (Å²) in [5, 5.41) is 12.3. The Morgan fingerprint density at radius 2 is 2.00 bits per heavy atom. The lowest BCUT2D eigenvalue weighted by Crippen LogP contribution is -2.37. The Morgan fingerprint density at radius 1 is 1.30 bits per heavy atom. The van der Waals surface area contributed by atoms with Gasteiger partial charge in [-0.25, -0.2) is 0 Å². The molecule has 1 atom stereocenters. The Kier molecular flexibility index (Phi) is 6.00. The minimum Gasteiger partial charge on any atom is -0.379 e. The van der Waals surface area contributed by atoms with Gasteiger partial charge < -0.3 is 10.1 Å². The van der Waals surface area contributed by atoms with Crippen molar-refractivity contribution < 1.29 is 4.74 Å². The van der Waals surface area contributed by atoms with E-state index in [1.165, 1.54) is 5.56 Å². The van der Waals surface area contributed by atoms with Crippen LogP contribution in [0.15, 0.2) is 24.3 Å². The standard InChI is InChI=1S/C16H23N3O/c1-14(16-5-3-15(13-17)4-6-16)18-7-2-8-19-9-11-20-12-10-19/h3-6,14,18H,2,7-12H2,1H3. The van der Waals surface area contributed by atoms with E-state index in [0.29, 0.717) is 11.6 Å². The average Bonchev–Trinajstić information content (AvgIpc) is 2.52. The Labute approximate surface area is 121 Å². The van der Waals surface area contributed by atoms with E-state index in [1.54, 1.807) is 0 Å². The maximum absolute atomic E-state index is 8.79. The van der Waals surface area contributed by atoms with Gasteiger partial charge in [0.1, 0.15) is 0 Å². The summed E-state index contributed by atoms with van der Waals surface area (Å²) in [4.78, 5) is 2.46. The lowest BCUT2D eigenvalue weighted by Gasteiger charge is -2.26. The largest absolute Gasteiger partial charge is 0.379 e. The number of benzene rings is 1. The fraction of sp³-hybridized carbons (Fsp3) is 0.562. The van der Waals surface area contributed by atoms with Gasteiger partial charge in [-0.05, 0) is 44.1 Å². The molecular formula is C16H23N3O. The number of nitrogens with one attached hydrogen (secondary N) is 1. The van der Waals surface area contributed by atoms with Crippen molar-refractivity contribution in [3.63, 3.8) is 0 Å². The van der Waals surface area contributed by atoms with E-state index >= 15 is 0 Å². The van der Waals surface area contributed by atoms with Crippen molar-refractivity contribution in [2.24, 2.45) is 0 Å². The number of hydrogen-bond donors (Lipinski definition) is 1. The van der Waals surface area contributed by atoms with Gasteiger partial charge in [0.15, 0.2) is 0 Å². The van der Waals surface area contributed by atoms with Crippen molar-refractivity contribution >= 4 is 0 Å². The molecule has 1 fully saturated rings. The summed E-state index contributed by atoms with van der Waals surface area (Å²) in [6.07, 6.45) is 1.15. The molecule has 108 valence electrons. The van der Waals surface area contributed by atoms with Gasteiger partial charge in [0.05, 0.1) is 24.8 Å². The molecule has 0 radical (unpaired) electrons. The SMILES string of the molecule is CC(NCCCN1CCOCC1)c1ccc(C#N)cc1. The van der Waals surface area contributed by atoms with E-state index in [1.807, 2.05) is 24.3 Å². The van der Waals surface area contributed by atoms with Crippen LogP contribution in [0.2, 0.25) is 0 Å². The van der Waals surface area contributed by atoms with Crippen molar-refractivity contribution in [1.82, 2.24) is 10.2 Å². The molecule has 1 aromatic carbocycles. The second-order valence-corrected chi connectivity index (χ2v) is 5.22. The van der Waals surface area contributed by atoms with Crippen LogP contribution in [0.1, 0.15) is 30.5 Å². The van der Waals surface area contributed by atoms with Gasteiger partial charge in [0.2, 0.25) is 0 Å². The predicted molar refractivity (Wildman–Crippen MR) is 79.5 cm³/mol. The number of rotatable bonds is 6. The number of nitrogens with zero attached hydrogens (tertiary/aromatic N) is 2. The van der Waals surface area contributed by atoms with Crippen LogP contribution in [0, 0.1) is 11.3 Å². The monoisotopic (exact) mass is 273 g/mol. The molecule has 0 aliphatic carbocycles. The number of nitriles is 1. The summed E-state index contributed by atoms with van der Waals surface area (Å²) in [6, 6.07) is 10.3. The second-order valence-electron chi connectivity index (χ2n) is 5.22. The number of morpholine rings is 1. The van der Waals surface area contributed by atoms with E-state index in [9.17, 15) is 0 Å². The highest BCUT2D eigenvalue weighted by molar-refractivity contribution is 5.32. The van der Waals surface area contributed by atoms with Crippen LogP contribution in [0.4, 0.5) is 0 Å². The minimum absolute atomic E-state index is 0.326. The summed E-state index contributed by atoms with van der Waals surface area (Å²) < 4.78 is 5.34. The maximum Gasteiger partial charge on any atom is 0.0991 e. The lowest BCUT2D eigenvalue weighted by molar-refractivity contribution is 0.0374. The first-order valence-corrected chi connectivity index (χ1v) is 7.33. The smallest absolute Gasteiger partial charge is 0.0991 e. The summed E-state index contributed by atoms with van der Waals surface area (Å²) in [7, 11) is 0. The van der Waals surface area contributed by atoms with E-state index < -0.39 is 0 Å². The number of ether oxygens (including phenoxy) is 1. The predicted octanol–water partition coefficient (Wildman–Crippen LogP) is 1.93. The summed E-state index contributed by atoms with van der Waals surface area (Å²) in [5.74, 6) is 0. The summed E-state index contributed by atoms with van der Waals surface area (Å²) in [6.45, 7) is 8.17. The van der Waals surface area contributed by atoms with Crippen molar-refractivity contribution in [3.05, 3.63) is 35.4 Å². The van der Waals surface area contributed by atoms with Gasteiger partial charge in [-0.15, -0.1) is 0 Å². The Bertz CT molecular complexity index is 432. The molecule has 2 rings (SSSR count). The third-order valence-electron chi connectivity index (χ3n) is 3.75. The molecule has 0 bridgehead atoms. The molecule has 4 heteroatoms. The molecular weight excluding hydrogens is 250 g/mol. The molecule has 1 aliphatic rings. The van der Waals surface area contributed by atoms with Crippen molar-refractivity contribution in [2.45, 2.75) is 19.4 Å². The van der Waals surface area contributed by atoms with Crippen LogP contribution in [0.3, 0.4) is 0 Å². The molecule has 1 aromatic rings. The topological polar surface area (TPSA) is 48.3 Å². The molecule has 20 heavy (non-hydrogen) atoms. The van der Waals surface area contributed by atoms with E-state index in [4.69, 9.17) is 10.00 Å². The highest BCUT2D eigenvalue weighted by Gasteiger charge is 2.10. The van der Waals surface area contributed by atoms with E-state index in [2.05, 4.69) is 23.2 Å². The van der Waals surface area contributed by atoms with Crippen LogP contribution in [0.5, 0.6) is 0 Å². The van der Waals surface area contributed by atoms with Crippen LogP contribution < -0.4 is 5.32 Å². The number of hydrogen-bond acceptors (Lipinski definition) is 4. The van der Waals surface area contributed by atoms with E-state index in [0.717, 1.165) is 45.8 Å². The first kappa shape index (κ1) is 15.0. The molecule has 1 heterocycles. The van der Waals surface area contributed by atoms with Gasteiger partial charge in [0, 0.05) is 19.1 Å². The highest BCUT2D eigenvalue weighted by Crippen LogP contribution is 2.12. The van der Waals surface area contributed by atoms with Crippen LogP contribution >= 0.6 is 0 Å². The van der Waals surface area contributed by atoms with Gasteiger partial charge in [-0.1, -0.05) is 12.1 Å². The zero-order valence-corrected chi connectivity index (χ0v) is 12.1. The third-order valence-corrected chi connectivity index (χ3v) is 3.75. The van der Waals surface area contributed by atoms with Crippen molar-refractivity contribution in [1.29, 1.82) is 5.26 Å². The lowest BCUT2D eigenvalue weighted by atomic mass is 10.1. The average molecular weight is 273 g/mol. The molecule has 1 aliphatic heterocycles. The van der Waals surface area contributed by atoms with Gasteiger partial charge in [0.25, 0.3) is 0 Å². The van der Waals surface area contributed by atoms with Crippen molar-refractivity contribution in [3.8, 4) is 6.07 Å². The molecule has 4 nitrogen and oxygen atoms in total. The van der Waals surface area contributed by atoms with Gasteiger partial charge >= 0.3 is 0 Å². The van der Waals surface area contributed by atoms with E-state index in [-0.39, 0.29) is 0 Å². The Morgan fingerprint density at radius 3 is 2.65 bits per heavy atom. The maximum atomic E-state index is 8.79. The zero-order valence-electron chi connectivity index (χ0n) is 12.1. The molecule has 0 spiro atoms. The van der Waals surface area contributed by atoms with Crippen LogP contribution in [-0.4, -0.2) is 44.3 Å². The summed E-state index contributed by atoms with van der Waals surface area (Å²) in [5.41, 5.74) is 1.95. The Hall–Kier alpha value is -1.41. The fourth-order valence-corrected chi connectivity index (χ4v) is 2.41. The molecule has 0 amide bonds. The van der Waals surface area contributed by atoms with Gasteiger partial charge in [-0.2, -0.15) is 5.26 Å². The normalized spacial score (nSPS) is 17.6. The Balaban J connectivity index is 1.66. The first-order valence-electron chi connectivity index (χ1n) is 7.33. The molecule has 1 unspecified atom stereocenters.